The third kappa shape index (κ3) is 3.45. The molecular formula is C15H25N3. The second-order valence-electron chi connectivity index (χ2n) is 5.77. The SMILES string of the molecule is CC(C)C(C)N(C)c1cc(CNC2CC2)ccn1. The van der Waals surface area contributed by atoms with E-state index in [1.807, 2.05) is 6.20 Å². The van der Waals surface area contributed by atoms with Gasteiger partial charge in [-0.1, -0.05) is 13.8 Å². The zero-order valence-electron chi connectivity index (χ0n) is 12.0. The van der Waals surface area contributed by atoms with Crippen LogP contribution in [0.3, 0.4) is 0 Å². The van der Waals surface area contributed by atoms with Crippen LogP contribution >= 0.6 is 0 Å². The largest absolute Gasteiger partial charge is 0.357 e. The molecule has 1 aliphatic rings. The molecule has 1 aromatic heterocycles. The van der Waals surface area contributed by atoms with Crippen molar-refractivity contribution >= 4 is 5.82 Å². The van der Waals surface area contributed by atoms with Crippen LogP contribution in [-0.4, -0.2) is 24.1 Å². The molecule has 3 nitrogen and oxygen atoms in total. The predicted molar refractivity (Wildman–Crippen MR) is 76.8 cm³/mol. The van der Waals surface area contributed by atoms with E-state index < -0.39 is 0 Å². The summed E-state index contributed by atoms with van der Waals surface area (Å²) in [6, 6.07) is 5.57. The highest BCUT2D eigenvalue weighted by atomic mass is 15.2. The standard InChI is InChI=1S/C15H25N3/c1-11(2)12(3)18(4)15-9-13(7-8-16-15)10-17-14-5-6-14/h7-9,11-12,14,17H,5-6,10H2,1-4H3. The minimum absolute atomic E-state index is 0.504. The fourth-order valence-electron chi connectivity index (χ4n) is 1.97. The van der Waals surface area contributed by atoms with Crippen LogP contribution in [0.15, 0.2) is 18.3 Å². The lowest BCUT2D eigenvalue weighted by Crippen LogP contribution is -2.33. The highest BCUT2D eigenvalue weighted by Crippen LogP contribution is 2.21. The maximum atomic E-state index is 4.48. The number of hydrogen-bond acceptors (Lipinski definition) is 3. The van der Waals surface area contributed by atoms with Crippen LogP contribution in [-0.2, 0) is 6.54 Å². The van der Waals surface area contributed by atoms with Gasteiger partial charge in [0.2, 0.25) is 0 Å². The lowest BCUT2D eigenvalue weighted by molar-refractivity contribution is 0.502. The summed E-state index contributed by atoms with van der Waals surface area (Å²) in [6.45, 7) is 7.71. The molecule has 18 heavy (non-hydrogen) atoms. The number of rotatable bonds is 6. The molecule has 1 fully saturated rings. The Bertz CT molecular complexity index is 385. The van der Waals surface area contributed by atoms with Crippen LogP contribution in [0.5, 0.6) is 0 Å². The Morgan fingerprint density at radius 3 is 2.72 bits per heavy atom. The normalized spacial score (nSPS) is 16.9. The lowest BCUT2D eigenvalue weighted by atomic mass is 10.1. The monoisotopic (exact) mass is 247 g/mol. The summed E-state index contributed by atoms with van der Waals surface area (Å²) in [5, 5.41) is 3.54. The van der Waals surface area contributed by atoms with Gasteiger partial charge < -0.3 is 10.2 Å². The van der Waals surface area contributed by atoms with Gasteiger partial charge in [-0.2, -0.15) is 0 Å². The van der Waals surface area contributed by atoms with Crippen LogP contribution in [0.25, 0.3) is 0 Å². The Balaban J connectivity index is 2.00. The summed E-state index contributed by atoms with van der Waals surface area (Å²) in [7, 11) is 2.13. The number of nitrogens with zero attached hydrogens (tertiary/aromatic N) is 2. The van der Waals surface area contributed by atoms with E-state index in [-0.39, 0.29) is 0 Å². The zero-order valence-corrected chi connectivity index (χ0v) is 12.0. The average molecular weight is 247 g/mol. The van der Waals surface area contributed by atoms with Gasteiger partial charge in [0.05, 0.1) is 0 Å². The number of hydrogen-bond donors (Lipinski definition) is 1. The third-order valence-corrected chi connectivity index (χ3v) is 3.92. The van der Waals surface area contributed by atoms with Gasteiger partial charge in [0.1, 0.15) is 5.82 Å². The first kappa shape index (κ1) is 13.3. The first-order valence-corrected chi connectivity index (χ1v) is 6.99. The van der Waals surface area contributed by atoms with Crippen LogP contribution in [0.2, 0.25) is 0 Å². The van der Waals surface area contributed by atoms with Crippen LogP contribution < -0.4 is 10.2 Å². The van der Waals surface area contributed by atoms with E-state index in [9.17, 15) is 0 Å². The molecule has 1 heterocycles. The molecule has 0 aromatic carbocycles. The molecule has 2 rings (SSSR count). The second-order valence-corrected chi connectivity index (χ2v) is 5.77. The van der Waals surface area contributed by atoms with E-state index in [1.54, 1.807) is 0 Å². The van der Waals surface area contributed by atoms with Crippen molar-refractivity contribution in [2.45, 2.75) is 52.2 Å². The Hall–Kier alpha value is -1.09. The van der Waals surface area contributed by atoms with Crippen molar-refractivity contribution in [2.75, 3.05) is 11.9 Å². The number of nitrogens with one attached hydrogen (secondary N) is 1. The first-order chi connectivity index (χ1) is 8.58. The van der Waals surface area contributed by atoms with Crippen LogP contribution in [0, 0.1) is 5.92 Å². The maximum Gasteiger partial charge on any atom is 0.128 e. The average Bonchev–Trinajstić information content (AvgIpc) is 3.19. The van der Waals surface area contributed by atoms with E-state index in [0.717, 1.165) is 18.4 Å². The van der Waals surface area contributed by atoms with Gasteiger partial charge in [-0.15, -0.1) is 0 Å². The highest BCUT2D eigenvalue weighted by molar-refractivity contribution is 5.41. The topological polar surface area (TPSA) is 28.2 Å². The summed E-state index contributed by atoms with van der Waals surface area (Å²) < 4.78 is 0. The molecule has 1 N–H and O–H groups in total. The molecule has 1 aliphatic carbocycles. The molecular weight excluding hydrogens is 222 g/mol. The van der Waals surface area contributed by atoms with Gasteiger partial charge >= 0.3 is 0 Å². The Labute approximate surface area is 111 Å². The highest BCUT2D eigenvalue weighted by Gasteiger charge is 2.20. The zero-order chi connectivity index (χ0) is 13.1. The van der Waals surface area contributed by atoms with Gasteiger partial charge in [-0.25, -0.2) is 4.98 Å². The molecule has 0 spiro atoms. The molecule has 0 saturated heterocycles. The smallest absolute Gasteiger partial charge is 0.128 e. The van der Waals surface area contributed by atoms with Crippen LogP contribution in [0.4, 0.5) is 5.82 Å². The molecule has 1 saturated carbocycles. The molecule has 1 aromatic rings. The van der Waals surface area contributed by atoms with E-state index in [1.165, 1.54) is 18.4 Å². The molecule has 100 valence electrons. The second kappa shape index (κ2) is 5.70. The number of pyridine rings is 1. The van der Waals surface area contributed by atoms with Crippen molar-refractivity contribution in [3.05, 3.63) is 23.9 Å². The van der Waals surface area contributed by atoms with Crippen molar-refractivity contribution in [1.29, 1.82) is 0 Å². The van der Waals surface area contributed by atoms with Crippen molar-refractivity contribution in [3.63, 3.8) is 0 Å². The van der Waals surface area contributed by atoms with E-state index in [0.29, 0.717) is 12.0 Å². The third-order valence-electron chi connectivity index (χ3n) is 3.92. The van der Waals surface area contributed by atoms with Gasteiger partial charge in [-0.05, 0) is 43.4 Å². The minimum atomic E-state index is 0.504. The molecule has 0 radical (unpaired) electrons. The van der Waals surface area contributed by atoms with E-state index in [4.69, 9.17) is 0 Å². The molecule has 0 bridgehead atoms. The fourth-order valence-corrected chi connectivity index (χ4v) is 1.97. The molecule has 1 unspecified atom stereocenters. The Morgan fingerprint density at radius 1 is 1.39 bits per heavy atom. The van der Waals surface area contributed by atoms with E-state index >= 15 is 0 Å². The quantitative estimate of drug-likeness (QED) is 0.838. The van der Waals surface area contributed by atoms with Gasteiger partial charge in [0.25, 0.3) is 0 Å². The Kier molecular flexibility index (Phi) is 4.23. The summed E-state index contributed by atoms with van der Waals surface area (Å²) in [5.74, 6) is 1.70. The number of anilines is 1. The first-order valence-electron chi connectivity index (χ1n) is 6.99. The molecule has 0 amide bonds. The van der Waals surface area contributed by atoms with Crippen molar-refractivity contribution in [3.8, 4) is 0 Å². The molecule has 0 aliphatic heterocycles. The van der Waals surface area contributed by atoms with Crippen molar-refractivity contribution in [1.82, 2.24) is 10.3 Å². The van der Waals surface area contributed by atoms with Crippen LogP contribution in [0.1, 0.15) is 39.2 Å². The summed E-state index contributed by atoms with van der Waals surface area (Å²) in [5.41, 5.74) is 1.33. The number of aromatic nitrogens is 1. The van der Waals surface area contributed by atoms with E-state index in [2.05, 4.69) is 55.2 Å². The van der Waals surface area contributed by atoms with Gasteiger partial charge in [0.15, 0.2) is 0 Å². The van der Waals surface area contributed by atoms with Crippen molar-refractivity contribution < 1.29 is 0 Å². The predicted octanol–water partition coefficient (Wildman–Crippen LogP) is 2.81. The molecule has 1 atom stereocenters. The lowest BCUT2D eigenvalue weighted by Gasteiger charge is -2.29. The summed E-state index contributed by atoms with van der Waals surface area (Å²) in [6.07, 6.45) is 4.59. The minimum Gasteiger partial charge on any atom is -0.357 e. The molecule has 3 heteroatoms. The Morgan fingerprint density at radius 2 is 2.11 bits per heavy atom. The summed E-state index contributed by atoms with van der Waals surface area (Å²) >= 11 is 0. The summed E-state index contributed by atoms with van der Waals surface area (Å²) in [4.78, 5) is 6.75. The van der Waals surface area contributed by atoms with Gasteiger partial charge in [-0.3, -0.25) is 0 Å². The van der Waals surface area contributed by atoms with Crippen molar-refractivity contribution in [2.24, 2.45) is 5.92 Å². The fraction of sp³-hybridized carbons (Fsp3) is 0.667. The van der Waals surface area contributed by atoms with Gasteiger partial charge in [0, 0.05) is 31.9 Å². The maximum absolute atomic E-state index is 4.48.